The molecule has 1 saturated heterocycles. The SMILES string of the molecule is Cc1nc(N2CCC(C)([C@H](C)N)CC2)c(CO)nc1Sc1ccnc(N(C)C)c1Cl. The van der Waals surface area contributed by atoms with E-state index < -0.39 is 0 Å². The number of hydrogen-bond donors (Lipinski definition) is 2. The van der Waals surface area contributed by atoms with E-state index in [-0.39, 0.29) is 18.1 Å². The number of nitrogens with zero attached hydrogens (tertiary/aromatic N) is 5. The van der Waals surface area contributed by atoms with E-state index in [4.69, 9.17) is 27.3 Å². The molecule has 1 aliphatic rings. The molecule has 1 fully saturated rings. The number of aliphatic hydroxyl groups excluding tert-OH is 1. The first-order valence-electron chi connectivity index (χ1n) is 10.1. The summed E-state index contributed by atoms with van der Waals surface area (Å²) in [6.45, 7) is 7.82. The molecule has 164 valence electrons. The van der Waals surface area contributed by atoms with Crippen LogP contribution in [0, 0.1) is 12.3 Å². The molecular formula is C21H31ClN6OS. The first-order valence-corrected chi connectivity index (χ1v) is 11.3. The molecule has 1 aliphatic heterocycles. The van der Waals surface area contributed by atoms with Gasteiger partial charge in [-0.15, -0.1) is 0 Å². The Labute approximate surface area is 188 Å². The number of rotatable bonds is 6. The predicted molar refractivity (Wildman–Crippen MR) is 124 cm³/mol. The summed E-state index contributed by atoms with van der Waals surface area (Å²) in [5, 5.41) is 11.3. The molecule has 0 aliphatic carbocycles. The van der Waals surface area contributed by atoms with E-state index in [1.807, 2.05) is 32.0 Å². The van der Waals surface area contributed by atoms with Crippen molar-refractivity contribution in [2.75, 3.05) is 37.0 Å². The molecule has 0 saturated carbocycles. The van der Waals surface area contributed by atoms with Crippen LogP contribution in [0.5, 0.6) is 0 Å². The maximum Gasteiger partial charge on any atom is 0.153 e. The van der Waals surface area contributed by atoms with E-state index in [0.717, 1.165) is 47.4 Å². The number of piperidine rings is 1. The summed E-state index contributed by atoms with van der Waals surface area (Å²) < 4.78 is 0. The molecule has 30 heavy (non-hydrogen) atoms. The lowest BCUT2D eigenvalue weighted by Crippen LogP contribution is -2.47. The first kappa shape index (κ1) is 23.1. The molecule has 0 aromatic carbocycles. The largest absolute Gasteiger partial charge is 0.390 e. The number of aliphatic hydroxyl groups is 1. The van der Waals surface area contributed by atoms with E-state index in [1.54, 1.807) is 6.20 Å². The van der Waals surface area contributed by atoms with Crippen LogP contribution >= 0.6 is 23.4 Å². The van der Waals surface area contributed by atoms with Crippen molar-refractivity contribution in [3.05, 3.63) is 28.7 Å². The topological polar surface area (TPSA) is 91.4 Å². The second-order valence-corrected chi connectivity index (χ2v) is 9.82. The molecule has 2 aromatic rings. The normalized spacial score (nSPS) is 17.1. The molecular weight excluding hydrogens is 420 g/mol. The summed E-state index contributed by atoms with van der Waals surface area (Å²) in [6.07, 6.45) is 3.72. The van der Waals surface area contributed by atoms with E-state index >= 15 is 0 Å². The minimum Gasteiger partial charge on any atom is -0.390 e. The monoisotopic (exact) mass is 450 g/mol. The Morgan fingerprint density at radius 3 is 2.57 bits per heavy atom. The molecule has 1 atom stereocenters. The van der Waals surface area contributed by atoms with Gasteiger partial charge >= 0.3 is 0 Å². The predicted octanol–water partition coefficient (Wildman–Crippen LogP) is 3.50. The minimum atomic E-state index is -0.162. The summed E-state index contributed by atoms with van der Waals surface area (Å²) in [5.41, 5.74) is 7.73. The van der Waals surface area contributed by atoms with Gasteiger partial charge in [0.25, 0.3) is 0 Å². The van der Waals surface area contributed by atoms with Crippen molar-refractivity contribution in [3.8, 4) is 0 Å². The molecule has 0 amide bonds. The van der Waals surface area contributed by atoms with E-state index in [0.29, 0.717) is 16.5 Å². The molecule has 0 radical (unpaired) electrons. The van der Waals surface area contributed by atoms with Gasteiger partial charge < -0.3 is 20.6 Å². The molecule has 2 aromatic heterocycles. The minimum absolute atomic E-state index is 0.135. The van der Waals surface area contributed by atoms with Crippen LogP contribution in [0.3, 0.4) is 0 Å². The van der Waals surface area contributed by atoms with Gasteiger partial charge in [0.15, 0.2) is 5.82 Å². The van der Waals surface area contributed by atoms with Gasteiger partial charge in [-0.25, -0.2) is 15.0 Å². The Bertz CT molecular complexity index is 899. The van der Waals surface area contributed by atoms with Crippen molar-refractivity contribution >= 4 is 35.0 Å². The van der Waals surface area contributed by atoms with Gasteiger partial charge in [-0.1, -0.05) is 30.3 Å². The summed E-state index contributed by atoms with van der Waals surface area (Å²) in [7, 11) is 3.81. The van der Waals surface area contributed by atoms with Crippen LogP contribution in [-0.2, 0) is 6.61 Å². The number of halogens is 1. The molecule has 0 unspecified atom stereocenters. The number of anilines is 2. The number of aromatic nitrogens is 3. The number of aryl methyl sites for hydroxylation is 1. The third kappa shape index (κ3) is 4.66. The molecule has 9 heteroatoms. The lowest BCUT2D eigenvalue weighted by molar-refractivity contribution is 0.204. The quantitative estimate of drug-likeness (QED) is 0.690. The first-order chi connectivity index (χ1) is 14.2. The van der Waals surface area contributed by atoms with Gasteiger partial charge in [0.1, 0.15) is 16.5 Å². The van der Waals surface area contributed by atoms with Crippen molar-refractivity contribution in [1.82, 2.24) is 15.0 Å². The summed E-state index contributed by atoms with van der Waals surface area (Å²) in [5.74, 6) is 1.47. The Hall–Kier alpha value is -1.61. The highest BCUT2D eigenvalue weighted by Crippen LogP contribution is 2.39. The van der Waals surface area contributed by atoms with Crippen molar-refractivity contribution in [1.29, 1.82) is 0 Å². The second kappa shape index (κ2) is 9.26. The molecule has 7 nitrogen and oxygen atoms in total. The summed E-state index contributed by atoms with van der Waals surface area (Å²) >= 11 is 7.99. The fourth-order valence-corrected chi connectivity index (χ4v) is 4.84. The second-order valence-electron chi connectivity index (χ2n) is 8.42. The van der Waals surface area contributed by atoms with E-state index in [1.165, 1.54) is 11.8 Å². The standard InChI is InChI=1S/C21H31ClN6OS/c1-13-20(30-16-6-9-24-19(17(16)22)27(4)5)26-15(12-29)18(25-13)28-10-7-21(3,8-11-28)14(2)23/h6,9,14,29H,7-8,10-12,23H2,1-5H3/t14-/m0/s1. The summed E-state index contributed by atoms with van der Waals surface area (Å²) in [4.78, 5) is 18.8. The van der Waals surface area contributed by atoms with Gasteiger partial charge in [-0.05, 0) is 38.2 Å². The zero-order chi connectivity index (χ0) is 22.1. The van der Waals surface area contributed by atoms with Gasteiger partial charge in [-0.3, -0.25) is 0 Å². The van der Waals surface area contributed by atoms with Crippen LogP contribution < -0.4 is 15.5 Å². The Balaban J connectivity index is 1.86. The highest BCUT2D eigenvalue weighted by Gasteiger charge is 2.34. The fourth-order valence-electron chi connectivity index (χ4n) is 3.58. The third-order valence-electron chi connectivity index (χ3n) is 6.00. The van der Waals surface area contributed by atoms with Crippen LogP contribution in [-0.4, -0.2) is 53.3 Å². The Morgan fingerprint density at radius 1 is 1.33 bits per heavy atom. The number of pyridine rings is 1. The highest BCUT2D eigenvalue weighted by molar-refractivity contribution is 7.99. The maximum absolute atomic E-state index is 9.99. The third-order valence-corrected chi connectivity index (χ3v) is 7.62. The zero-order valence-electron chi connectivity index (χ0n) is 18.3. The van der Waals surface area contributed by atoms with Gasteiger partial charge in [-0.2, -0.15) is 0 Å². The molecule has 3 rings (SSSR count). The van der Waals surface area contributed by atoms with Gasteiger partial charge in [0.2, 0.25) is 0 Å². The average Bonchev–Trinajstić information content (AvgIpc) is 2.71. The lowest BCUT2D eigenvalue weighted by Gasteiger charge is -2.42. The van der Waals surface area contributed by atoms with Crippen LogP contribution in [0.2, 0.25) is 5.02 Å². The molecule has 3 N–H and O–H groups in total. The average molecular weight is 451 g/mol. The molecule has 3 heterocycles. The van der Waals surface area contributed by atoms with E-state index in [2.05, 4.69) is 23.7 Å². The Morgan fingerprint density at radius 2 is 2.00 bits per heavy atom. The smallest absolute Gasteiger partial charge is 0.153 e. The van der Waals surface area contributed by atoms with Crippen molar-refractivity contribution in [3.63, 3.8) is 0 Å². The van der Waals surface area contributed by atoms with Gasteiger partial charge in [0.05, 0.1) is 17.3 Å². The number of nitrogens with two attached hydrogens (primary N) is 1. The van der Waals surface area contributed by atoms with E-state index in [9.17, 15) is 5.11 Å². The van der Waals surface area contributed by atoms with Crippen molar-refractivity contribution < 1.29 is 5.11 Å². The summed E-state index contributed by atoms with van der Waals surface area (Å²) in [6, 6.07) is 2.02. The van der Waals surface area contributed by atoms with Crippen molar-refractivity contribution in [2.24, 2.45) is 11.1 Å². The Kier molecular flexibility index (Phi) is 7.12. The van der Waals surface area contributed by atoms with Crippen molar-refractivity contribution in [2.45, 2.75) is 56.2 Å². The lowest BCUT2D eigenvalue weighted by atomic mass is 9.75. The van der Waals surface area contributed by atoms with Crippen LogP contribution in [0.25, 0.3) is 0 Å². The maximum atomic E-state index is 9.99. The van der Waals surface area contributed by atoms with Gasteiger partial charge in [0, 0.05) is 44.3 Å². The van der Waals surface area contributed by atoms with Crippen LogP contribution in [0.1, 0.15) is 38.1 Å². The fraction of sp³-hybridized carbons (Fsp3) is 0.571. The van der Waals surface area contributed by atoms with Crippen LogP contribution in [0.4, 0.5) is 11.6 Å². The highest BCUT2D eigenvalue weighted by atomic mass is 35.5. The zero-order valence-corrected chi connectivity index (χ0v) is 19.9. The van der Waals surface area contributed by atoms with Crippen LogP contribution in [0.15, 0.2) is 22.2 Å². The molecule has 0 spiro atoms. The number of hydrogen-bond acceptors (Lipinski definition) is 8. The molecule has 0 bridgehead atoms.